The second kappa shape index (κ2) is 5.96. The largest absolute Gasteiger partial charge is 0.498 e. The highest BCUT2D eigenvalue weighted by molar-refractivity contribution is 5.96. The van der Waals surface area contributed by atoms with Gasteiger partial charge in [-0.1, -0.05) is 6.92 Å². The number of hydrogen-bond acceptors (Lipinski definition) is 5. The summed E-state index contributed by atoms with van der Waals surface area (Å²) in [6.07, 6.45) is -3.73. The lowest BCUT2D eigenvalue weighted by atomic mass is 9.70. The van der Waals surface area contributed by atoms with Crippen LogP contribution in [0.2, 0.25) is 0 Å². The summed E-state index contributed by atoms with van der Waals surface area (Å²) in [7, 11) is 2.90. The van der Waals surface area contributed by atoms with Crippen LogP contribution in [0.4, 0.5) is 13.2 Å². The van der Waals surface area contributed by atoms with E-state index in [4.69, 9.17) is 18.9 Å². The zero-order valence-electron chi connectivity index (χ0n) is 14.7. The van der Waals surface area contributed by atoms with Crippen LogP contribution in [0.5, 0.6) is 0 Å². The minimum absolute atomic E-state index is 0.0249. The normalized spacial score (nSPS) is 41.5. The van der Waals surface area contributed by atoms with Crippen molar-refractivity contribution in [1.29, 1.82) is 0 Å². The number of hydrogen-bond donors (Lipinski definition) is 0. The average Bonchev–Trinajstić information content (AvgIpc) is 3.44. The molecular formula is C17H23F3O5. The number of halogens is 3. The fraction of sp³-hybridized carbons (Fsp3) is 0.824. The van der Waals surface area contributed by atoms with Gasteiger partial charge in [0.05, 0.1) is 31.7 Å². The Kier molecular flexibility index (Phi) is 4.45. The topological polar surface area (TPSA) is 60.6 Å². The Labute approximate surface area is 144 Å². The number of ketones is 1. The Hall–Kier alpha value is -1.12. The molecule has 8 heteroatoms. The number of carbonyl (C=O) groups excluding carboxylic acids is 1. The molecule has 3 rings (SSSR count). The van der Waals surface area contributed by atoms with Crippen molar-refractivity contribution in [3.8, 4) is 0 Å². The van der Waals surface area contributed by atoms with E-state index < -0.39 is 35.3 Å². The molecule has 0 amide bonds. The van der Waals surface area contributed by atoms with E-state index in [0.29, 0.717) is 12.4 Å². The van der Waals surface area contributed by atoms with Crippen molar-refractivity contribution in [2.24, 2.45) is 11.8 Å². The maximum Gasteiger partial charge on any atom is 0.391 e. The van der Waals surface area contributed by atoms with Crippen molar-refractivity contribution in [3.05, 3.63) is 11.8 Å². The highest BCUT2D eigenvalue weighted by Crippen LogP contribution is 2.59. The lowest BCUT2D eigenvalue weighted by molar-refractivity contribution is -0.171. The fourth-order valence-corrected chi connectivity index (χ4v) is 4.00. The lowest BCUT2D eigenvalue weighted by Crippen LogP contribution is -2.53. The van der Waals surface area contributed by atoms with Gasteiger partial charge in [0.15, 0.2) is 11.4 Å². The van der Waals surface area contributed by atoms with Gasteiger partial charge < -0.3 is 18.9 Å². The summed E-state index contributed by atoms with van der Waals surface area (Å²) in [5, 5.41) is 0. The predicted molar refractivity (Wildman–Crippen MR) is 80.8 cm³/mol. The summed E-state index contributed by atoms with van der Waals surface area (Å²) in [5.74, 6) is -1.67. The van der Waals surface area contributed by atoms with Crippen LogP contribution in [-0.2, 0) is 23.7 Å². The molecule has 0 bridgehead atoms. The molecule has 0 saturated carbocycles. The molecule has 2 aliphatic heterocycles. The lowest BCUT2D eigenvalue weighted by Gasteiger charge is -2.36. The van der Waals surface area contributed by atoms with Crippen LogP contribution in [0, 0.1) is 11.8 Å². The van der Waals surface area contributed by atoms with Crippen molar-refractivity contribution < 1.29 is 36.9 Å². The molecule has 5 nitrogen and oxygen atoms in total. The Bertz CT molecular complexity index is 583. The molecule has 0 N–H and O–H groups in total. The van der Waals surface area contributed by atoms with Gasteiger partial charge in [-0.15, -0.1) is 0 Å². The first-order chi connectivity index (χ1) is 11.6. The van der Waals surface area contributed by atoms with Gasteiger partial charge in [-0.3, -0.25) is 4.79 Å². The van der Waals surface area contributed by atoms with E-state index >= 15 is 0 Å². The van der Waals surface area contributed by atoms with Crippen molar-refractivity contribution in [3.63, 3.8) is 0 Å². The third-order valence-electron chi connectivity index (χ3n) is 5.72. The molecule has 25 heavy (non-hydrogen) atoms. The highest BCUT2D eigenvalue weighted by atomic mass is 19.4. The second-order valence-electron chi connectivity index (χ2n) is 7.24. The van der Waals surface area contributed by atoms with E-state index in [9.17, 15) is 18.0 Å². The quantitative estimate of drug-likeness (QED) is 0.678. The van der Waals surface area contributed by atoms with Crippen LogP contribution in [0.1, 0.15) is 26.7 Å². The zero-order valence-corrected chi connectivity index (χ0v) is 14.7. The first-order valence-corrected chi connectivity index (χ1v) is 8.31. The molecular weight excluding hydrogens is 341 g/mol. The predicted octanol–water partition coefficient (Wildman–Crippen LogP) is 2.64. The molecule has 0 aromatic carbocycles. The molecule has 1 spiro atoms. The minimum Gasteiger partial charge on any atom is -0.498 e. The highest BCUT2D eigenvalue weighted by Gasteiger charge is 2.74. The molecule has 142 valence electrons. The molecule has 2 heterocycles. The van der Waals surface area contributed by atoms with Crippen LogP contribution < -0.4 is 0 Å². The van der Waals surface area contributed by atoms with Crippen LogP contribution in [0.15, 0.2) is 11.8 Å². The minimum atomic E-state index is -4.21. The third-order valence-corrected chi connectivity index (χ3v) is 5.72. The van der Waals surface area contributed by atoms with Gasteiger partial charge in [0.1, 0.15) is 17.5 Å². The van der Waals surface area contributed by atoms with Crippen LogP contribution in [0.3, 0.4) is 0 Å². The maximum atomic E-state index is 12.7. The monoisotopic (exact) mass is 364 g/mol. The summed E-state index contributed by atoms with van der Waals surface area (Å²) in [6, 6.07) is 0. The smallest absolute Gasteiger partial charge is 0.391 e. The van der Waals surface area contributed by atoms with E-state index in [-0.39, 0.29) is 24.7 Å². The van der Waals surface area contributed by atoms with Gasteiger partial charge >= 0.3 is 6.18 Å². The number of epoxide rings is 2. The number of carbonyl (C=O) groups is 1. The Balaban J connectivity index is 1.76. The van der Waals surface area contributed by atoms with E-state index in [1.165, 1.54) is 27.2 Å². The molecule has 0 aromatic heterocycles. The third kappa shape index (κ3) is 2.98. The van der Waals surface area contributed by atoms with Gasteiger partial charge in [-0.2, -0.15) is 13.2 Å². The summed E-state index contributed by atoms with van der Waals surface area (Å²) in [6.45, 7) is 3.34. The molecule has 3 aliphatic rings. The van der Waals surface area contributed by atoms with Crippen molar-refractivity contribution in [2.75, 3.05) is 20.8 Å². The SMILES string of the molecule is COC1=CC(=O)[C@@H](OC)[C@H]([C@@]2(C)O[C@@H]2CCC(C)C(F)(F)F)[C@@]12CO2. The zero-order chi connectivity index (χ0) is 18.6. The molecule has 1 aliphatic carbocycles. The summed E-state index contributed by atoms with van der Waals surface area (Å²) < 4.78 is 60.3. The molecule has 6 atom stereocenters. The van der Waals surface area contributed by atoms with Gasteiger partial charge in [0.25, 0.3) is 0 Å². The van der Waals surface area contributed by atoms with Gasteiger partial charge in [-0.05, 0) is 19.8 Å². The molecule has 1 unspecified atom stereocenters. The van der Waals surface area contributed by atoms with Gasteiger partial charge in [-0.25, -0.2) is 0 Å². The first kappa shape index (κ1) is 18.7. The van der Waals surface area contributed by atoms with E-state index in [2.05, 4.69) is 0 Å². The molecule has 0 radical (unpaired) electrons. The summed E-state index contributed by atoms with van der Waals surface area (Å²) >= 11 is 0. The second-order valence-corrected chi connectivity index (χ2v) is 7.24. The van der Waals surface area contributed by atoms with Crippen LogP contribution in [-0.4, -0.2) is 56.2 Å². The van der Waals surface area contributed by atoms with E-state index in [1.807, 2.05) is 6.92 Å². The molecule has 2 saturated heterocycles. The van der Waals surface area contributed by atoms with Crippen molar-refractivity contribution in [2.45, 2.75) is 56.3 Å². The van der Waals surface area contributed by atoms with Crippen molar-refractivity contribution >= 4 is 5.78 Å². The number of rotatable bonds is 6. The van der Waals surface area contributed by atoms with Crippen molar-refractivity contribution in [1.82, 2.24) is 0 Å². The van der Waals surface area contributed by atoms with E-state index in [0.717, 1.165) is 0 Å². The summed E-state index contributed by atoms with van der Waals surface area (Å²) in [4.78, 5) is 12.4. The Morgan fingerprint density at radius 1 is 1.40 bits per heavy atom. The molecule has 0 aromatic rings. The summed E-state index contributed by atoms with van der Waals surface area (Å²) in [5.41, 5.74) is -1.57. The van der Waals surface area contributed by atoms with Crippen LogP contribution in [0.25, 0.3) is 0 Å². The Morgan fingerprint density at radius 3 is 2.52 bits per heavy atom. The standard InChI is InChI=1S/C17H23F3O5/c1-9(17(18,19)20)5-6-11-15(2,25-11)14-13(23-4)10(21)7-12(22-3)16(14)8-24-16/h7,9,11,13-14H,5-6,8H2,1-4H3/t9?,11-,13-,14-,15+,16-/m1/s1. The number of alkyl halides is 3. The van der Waals surface area contributed by atoms with Gasteiger partial charge in [0, 0.05) is 13.2 Å². The first-order valence-electron chi connectivity index (χ1n) is 8.31. The maximum absolute atomic E-state index is 12.7. The van der Waals surface area contributed by atoms with Crippen LogP contribution >= 0.6 is 0 Å². The Morgan fingerprint density at radius 2 is 2.04 bits per heavy atom. The fourth-order valence-electron chi connectivity index (χ4n) is 4.00. The van der Waals surface area contributed by atoms with Gasteiger partial charge in [0.2, 0.25) is 0 Å². The average molecular weight is 364 g/mol. The molecule has 2 fully saturated rings. The van der Waals surface area contributed by atoms with E-state index in [1.54, 1.807) is 0 Å². The number of methoxy groups -OCH3 is 2. The number of ether oxygens (including phenoxy) is 4.